The fourth-order valence-electron chi connectivity index (χ4n) is 3.24. The number of nitrogens with zero attached hydrogens (tertiary/aromatic N) is 4. The van der Waals surface area contributed by atoms with Crippen molar-refractivity contribution in [2.45, 2.75) is 25.5 Å². The zero-order valence-electron chi connectivity index (χ0n) is 16.6. The number of ketones is 1. The van der Waals surface area contributed by atoms with Gasteiger partial charge in [-0.05, 0) is 32.0 Å². The second-order valence-corrected chi connectivity index (χ2v) is 7.84. The summed E-state index contributed by atoms with van der Waals surface area (Å²) in [6, 6.07) is 15.6. The molecule has 0 fully saturated rings. The van der Waals surface area contributed by atoms with Crippen LogP contribution in [0.15, 0.2) is 64.4 Å². The number of thioether (sulfide) groups is 1. The van der Waals surface area contributed by atoms with E-state index in [-0.39, 0.29) is 5.78 Å². The van der Waals surface area contributed by atoms with E-state index in [4.69, 9.17) is 4.42 Å². The van der Waals surface area contributed by atoms with Crippen LogP contribution in [0.4, 0.5) is 0 Å². The summed E-state index contributed by atoms with van der Waals surface area (Å²) in [4.78, 5) is 12.8. The summed E-state index contributed by atoms with van der Waals surface area (Å²) in [5.41, 5.74) is 3.79. The topological polar surface area (TPSA) is 65.8 Å². The number of hydrogen-bond donors (Lipinski definition) is 0. The maximum absolute atomic E-state index is 12.8. The van der Waals surface area contributed by atoms with Gasteiger partial charge < -0.3 is 8.98 Å². The van der Waals surface area contributed by atoms with E-state index < -0.39 is 0 Å². The van der Waals surface area contributed by atoms with Crippen LogP contribution in [0.25, 0.3) is 11.4 Å². The molecule has 0 amide bonds. The summed E-state index contributed by atoms with van der Waals surface area (Å²) in [5.74, 6) is 1.95. The second kappa shape index (κ2) is 8.13. The molecule has 0 unspecified atom stereocenters. The summed E-state index contributed by atoms with van der Waals surface area (Å²) >= 11 is 1.40. The highest BCUT2D eigenvalue weighted by Crippen LogP contribution is 2.26. The average Bonchev–Trinajstić information content (AvgIpc) is 3.45. The molecule has 0 saturated carbocycles. The SMILES string of the molecule is Cc1cc(C(=O)CSc2nnc(-c3ccccc3)n2Cc2ccco2)c(C)n1C. The summed E-state index contributed by atoms with van der Waals surface area (Å²) in [5, 5.41) is 9.44. The molecule has 4 aromatic rings. The highest BCUT2D eigenvalue weighted by Gasteiger charge is 2.19. The normalized spacial score (nSPS) is 11.1. The van der Waals surface area contributed by atoms with Crippen molar-refractivity contribution < 1.29 is 9.21 Å². The zero-order chi connectivity index (χ0) is 20.4. The van der Waals surface area contributed by atoms with E-state index in [9.17, 15) is 4.79 Å². The molecule has 0 aliphatic heterocycles. The summed E-state index contributed by atoms with van der Waals surface area (Å²) in [6.07, 6.45) is 1.65. The van der Waals surface area contributed by atoms with Gasteiger partial charge in [0.1, 0.15) is 5.76 Å². The first-order chi connectivity index (χ1) is 14.0. The number of aryl methyl sites for hydroxylation is 1. The highest BCUT2D eigenvalue weighted by atomic mass is 32.2. The van der Waals surface area contributed by atoms with E-state index >= 15 is 0 Å². The molecule has 0 aliphatic rings. The number of carbonyl (C=O) groups is 1. The van der Waals surface area contributed by atoms with Crippen LogP contribution in [-0.2, 0) is 13.6 Å². The lowest BCUT2D eigenvalue weighted by atomic mass is 10.2. The Balaban J connectivity index is 1.60. The van der Waals surface area contributed by atoms with Crippen molar-refractivity contribution in [3.63, 3.8) is 0 Å². The number of benzene rings is 1. The minimum Gasteiger partial charge on any atom is -0.467 e. The minimum absolute atomic E-state index is 0.0880. The molecule has 1 aromatic carbocycles. The first-order valence-electron chi connectivity index (χ1n) is 9.34. The number of Topliss-reactive ketones (excluding diaryl/α,β-unsaturated/α-hetero) is 1. The number of hydrogen-bond acceptors (Lipinski definition) is 5. The van der Waals surface area contributed by atoms with E-state index in [1.54, 1.807) is 6.26 Å². The van der Waals surface area contributed by atoms with Crippen molar-refractivity contribution >= 4 is 17.5 Å². The molecule has 0 atom stereocenters. The standard InChI is InChI=1S/C22H22N4O2S/c1-15-12-19(16(2)25(15)3)20(27)14-29-22-24-23-21(17-8-5-4-6-9-17)26(22)13-18-10-7-11-28-18/h4-12H,13-14H2,1-3H3. The molecule has 0 N–H and O–H groups in total. The van der Waals surface area contributed by atoms with Gasteiger partial charge in [-0.3, -0.25) is 9.36 Å². The number of aromatic nitrogens is 4. The lowest BCUT2D eigenvalue weighted by Gasteiger charge is -2.09. The van der Waals surface area contributed by atoms with E-state index in [0.717, 1.165) is 34.1 Å². The lowest BCUT2D eigenvalue weighted by molar-refractivity contribution is 0.102. The van der Waals surface area contributed by atoms with Crippen LogP contribution in [0.2, 0.25) is 0 Å². The third-order valence-corrected chi connectivity index (χ3v) is 6.02. The summed E-state index contributed by atoms with van der Waals surface area (Å²) < 4.78 is 9.55. The van der Waals surface area contributed by atoms with Crippen LogP contribution in [-0.4, -0.2) is 30.9 Å². The van der Waals surface area contributed by atoms with Gasteiger partial charge in [0.25, 0.3) is 0 Å². The molecule has 0 aliphatic carbocycles. The van der Waals surface area contributed by atoms with E-state index in [0.29, 0.717) is 17.5 Å². The Bertz CT molecular complexity index is 1130. The Morgan fingerprint density at radius 3 is 2.55 bits per heavy atom. The third kappa shape index (κ3) is 3.91. The van der Waals surface area contributed by atoms with Crippen LogP contribution < -0.4 is 0 Å². The first kappa shape index (κ1) is 19.3. The number of carbonyl (C=O) groups excluding carboxylic acids is 1. The zero-order valence-corrected chi connectivity index (χ0v) is 17.4. The van der Waals surface area contributed by atoms with Gasteiger partial charge in [-0.1, -0.05) is 42.1 Å². The molecule has 4 rings (SSSR count). The van der Waals surface area contributed by atoms with Gasteiger partial charge in [0.2, 0.25) is 0 Å². The Hall–Kier alpha value is -3.06. The third-order valence-electron chi connectivity index (χ3n) is 5.05. The molecule has 6 nitrogen and oxygen atoms in total. The van der Waals surface area contributed by atoms with Crippen molar-refractivity contribution in [3.8, 4) is 11.4 Å². The van der Waals surface area contributed by atoms with Gasteiger partial charge in [-0.15, -0.1) is 10.2 Å². The summed E-state index contributed by atoms with van der Waals surface area (Å²) in [6.45, 7) is 4.48. The van der Waals surface area contributed by atoms with Gasteiger partial charge in [0.15, 0.2) is 16.8 Å². The van der Waals surface area contributed by atoms with Crippen LogP contribution in [0.3, 0.4) is 0 Å². The molecule has 3 aromatic heterocycles. The van der Waals surface area contributed by atoms with Gasteiger partial charge in [-0.2, -0.15) is 0 Å². The fraction of sp³-hybridized carbons (Fsp3) is 0.227. The Labute approximate surface area is 173 Å². The quantitative estimate of drug-likeness (QED) is 0.334. The van der Waals surface area contributed by atoms with Crippen molar-refractivity contribution in [3.05, 3.63) is 77.5 Å². The molecule has 0 saturated heterocycles. The molecular weight excluding hydrogens is 384 g/mol. The molecule has 0 spiro atoms. The fourth-order valence-corrected chi connectivity index (χ4v) is 4.06. The molecule has 3 heterocycles. The molecule has 7 heteroatoms. The summed E-state index contributed by atoms with van der Waals surface area (Å²) in [7, 11) is 1.97. The predicted octanol–water partition coefficient (Wildman–Crippen LogP) is 4.52. The number of rotatable bonds is 7. The Morgan fingerprint density at radius 2 is 1.90 bits per heavy atom. The predicted molar refractivity (Wildman–Crippen MR) is 113 cm³/mol. The van der Waals surface area contributed by atoms with E-state index in [1.807, 2.05) is 78.6 Å². The Morgan fingerprint density at radius 1 is 1.10 bits per heavy atom. The maximum atomic E-state index is 12.8. The second-order valence-electron chi connectivity index (χ2n) is 6.89. The maximum Gasteiger partial charge on any atom is 0.192 e. The molecule has 0 bridgehead atoms. The number of furan rings is 1. The average molecular weight is 407 g/mol. The minimum atomic E-state index is 0.0880. The van der Waals surface area contributed by atoms with Crippen molar-refractivity contribution in [1.29, 1.82) is 0 Å². The van der Waals surface area contributed by atoms with Gasteiger partial charge in [-0.25, -0.2) is 0 Å². The molecular formula is C22H22N4O2S. The van der Waals surface area contributed by atoms with Crippen molar-refractivity contribution in [1.82, 2.24) is 19.3 Å². The smallest absolute Gasteiger partial charge is 0.192 e. The molecule has 148 valence electrons. The van der Waals surface area contributed by atoms with Gasteiger partial charge >= 0.3 is 0 Å². The largest absolute Gasteiger partial charge is 0.467 e. The van der Waals surface area contributed by atoms with Crippen molar-refractivity contribution in [2.24, 2.45) is 7.05 Å². The van der Waals surface area contributed by atoms with Crippen LogP contribution in [0.5, 0.6) is 0 Å². The first-order valence-corrected chi connectivity index (χ1v) is 10.3. The van der Waals surface area contributed by atoms with E-state index in [2.05, 4.69) is 10.2 Å². The highest BCUT2D eigenvalue weighted by molar-refractivity contribution is 7.99. The monoisotopic (exact) mass is 406 g/mol. The van der Waals surface area contributed by atoms with Crippen LogP contribution >= 0.6 is 11.8 Å². The van der Waals surface area contributed by atoms with Gasteiger partial charge in [0.05, 0.1) is 18.6 Å². The van der Waals surface area contributed by atoms with E-state index in [1.165, 1.54) is 11.8 Å². The lowest BCUT2D eigenvalue weighted by Crippen LogP contribution is -2.07. The van der Waals surface area contributed by atoms with Crippen molar-refractivity contribution in [2.75, 3.05) is 5.75 Å². The van der Waals surface area contributed by atoms with Gasteiger partial charge in [0, 0.05) is 29.6 Å². The molecule has 29 heavy (non-hydrogen) atoms. The van der Waals surface area contributed by atoms with Crippen LogP contribution in [0.1, 0.15) is 27.5 Å². The van der Waals surface area contributed by atoms with Crippen LogP contribution in [0, 0.1) is 13.8 Å². The Kier molecular flexibility index (Phi) is 5.40. The molecule has 0 radical (unpaired) electrons.